The molecule has 4 aliphatic rings. The summed E-state index contributed by atoms with van der Waals surface area (Å²) in [5.41, 5.74) is -0.104. The van der Waals surface area contributed by atoms with Crippen LogP contribution in [0.25, 0.3) is 0 Å². The van der Waals surface area contributed by atoms with Gasteiger partial charge in [-0.2, -0.15) is 0 Å². The van der Waals surface area contributed by atoms with Crippen molar-refractivity contribution in [2.24, 2.45) is 52.3 Å². The predicted molar refractivity (Wildman–Crippen MR) is 147 cm³/mol. The monoisotopic (exact) mass is 520 g/mol. The van der Waals surface area contributed by atoms with Crippen molar-refractivity contribution in [3.63, 3.8) is 0 Å². The Morgan fingerprint density at radius 2 is 1.68 bits per heavy atom. The van der Waals surface area contributed by atoms with Gasteiger partial charge in [0.2, 0.25) is 0 Å². The highest BCUT2D eigenvalue weighted by Gasteiger charge is 2.65. The van der Waals surface area contributed by atoms with Crippen molar-refractivity contribution in [2.45, 2.75) is 136 Å². The molecule has 11 atom stereocenters. The molecule has 0 aromatic carbocycles. The van der Waals surface area contributed by atoms with Crippen LogP contribution in [0.2, 0.25) is 0 Å². The van der Waals surface area contributed by atoms with Crippen LogP contribution < -0.4 is 0 Å². The van der Waals surface area contributed by atoms with Gasteiger partial charge < -0.3 is 20.1 Å². The minimum Gasteiger partial charge on any atom is -0.466 e. The third-order valence-corrected chi connectivity index (χ3v) is 12.0. The third kappa shape index (κ3) is 5.80. The fourth-order valence-electron chi connectivity index (χ4n) is 9.77. The molecule has 0 bridgehead atoms. The minimum absolute atomic E-state index is 0.0826. The molecule has 4 aliphatic carbocycles. The first-order chi connectivity index (χ1) is 17.5. The number of aliphatic hydroxyl groups is 3. The van der Waals surface area contributed by atoms with Crippen molar-refractivity contribution in [1.82, 2.24) is 0 Å². The van der Waals surface area contributed by atoms with E-state index in [0.717, 1.165) is 70.1 Å². The molecule has 4 saturated carbocycles. The fourth-order valence-corrected chi connectivity index (χ4v) is 9.77. The highest BCUT2D eigenvalue weighted by molar-refractivity contribution is 5.69. The number of carbonyl (C=O) groups is 1. The molecular weight excluding hydrogens is 464 g/mol. The molecule has 0 aromatic rings. The van der Waals surface area contributed by atoms with Crippen molar-refractivity contribution in [3.05, 3.63) is 0 Å². The van der Waals surface area contributed by atoms with Gasteiger partial charge in [0, 0.05) is 6.42 Å². The van der Waals surface area contributed by atoms with Crippen LogP contribution in [0.1, 0.15) is 118 Å². The molecule has 37 heavy (non-hydrogen) atoms. The zero-order valence-electron chi connectivity index (χ0n) is 24.3. The van der Waals surface area contributed by atoms with E-state index >= 15 is 0 Å². The average molecular weight is 521 g/mol. The number of aliphatic hydroxyl groups excluding tert-OH is 3. The number of ether oxygens (including phenoxy) is 1. The van der Waals surface area contributed by atoms with E-state index in [9.17, 15) is 20.1 Å². The fraction of sp³-hybridized carbons (Fsp3) is 0.969. The predicted octanol–water partition coefficient (Wildman–Crippen LogP) is 6.12. The van der Waals surface area contributed by atoms with Gasteiger partial charge in [0.1, 0.15) is 0 Å². The van der Waals surface area contributed by atoms with E-state index in [2.05, 4.69) is 34.6 Å². The summed E-state index contributed by atoms with van der Waals surface area (Å²) in [5.74, 6) is 2.59. The molecule has 5 nitrogen and oxygen atoms in total. The molecule has 4 rings (SSSR count). The van der Waals surface area contributed by atoms with Gasteiger partial charge in [0.15, 0.2) is 0 Å². The van der Waals surface area contributed by atoms with Crippen LogP contribution in [0.15, 0.2) is 0 Å². The van der Waals surface area contributed by atoms with Crippen molar-refractivity contribution in [2.75, 3.05) is 6.61 Å². The largest absolute Gasteiger partial charge is 0.466 e. The maximum atomic E-state index is 12.4. The van der Waals surface area contributed by atoms with E-state index in [1.807, 2.05) is 0 Å². The molecule has 3 N–H and O–H groups in total. The van der Waals surface area contributed by atoms with Crippen molar-refractivity contribution < 1.29 is 24.9 Å². The number of esters is 1. The number of fused-ring (bicyclic) bond motifs is 5. The molecule has 214 valence electrons. The quantitative estimate of drug-likeness (QED) is 0.238. The van der Waals surface area contributed by atoms with Crippen LogP contribution >= 0.6 is 0 Å². The van der Waals surface area contributed by atoms with Crippen molar-refractivity contribution >= 4 is 5.97 Å². The summed E-state index contributed by atoms with van der Waals surface area (Å²) in [5, 5.41) is 33.5. The van der Waals surface area contributed by atoms with E-state index < -0.39 is 0 Å². The Kier molecular flexibility index (Phi) is 9.39. The minimum atomic E-state index is -0.374. The van der Waals surface area contributed by atoms with Gasteiger partial charge in [0.25, 0.3) is 0 Å². The Hall–Kier alpha value is -0.650. The molecule has 0 saturated heterocycles. The van der Waals surface area contributed by atoms with Crippen LogP contribution in [-0.2, 0) is 9.53 Å². The Labute approximate surface area is 226 Å². The molecule has 11 unspecified atom stereocenters. The number of hydrogen-bond donors (Lipinski definition) is 3. The van der Waals surface area contributed by atoms with Gasteiger partial charge in [-0.1, -0.05) is 53.9 Å². The van der Waals surface area contributed by atoms with Crippen LogP contribution in [0, 0.1) is 52.3 Å². The smallest absolute Gasteiger partial charge is 0.305 e. The Morgan fingerprint density at radius 1 is 0.919 bits per heavy atom. The Bertz CT molecular complexity index is 768. The SMILES string of the molecule is CC(C)CCCCCOC(=O)CCC(C)C1CCC2C3C(O)CC4CC(O)CCC4(C)C3CC(O)C12C. The second-order valence-electron chi connectivity index (χ2n) is 14.5. The Balaban J connectivity index is 1.33. The molecule has 0 amide bonds. The lowest BCUT2D eigenvalue weighted by Crippen LogP contribution is -2.62. The standard InChI is InChI=1S/C32H56O5/c1-20(2)9-7-6-8-16-37-29(36)13-10-21(3)24-11-12-25-30-26(19-28(35)32(24,25)5)31(4)15-14-23(33)17-22(31)18-27(30)34/h20-28,30,33-35H,6-19H2,1-5H3. The van der Waals surface area contributed by atoms with E-state index in [1.165, 1.54) is 12.8 Å². The maximum absolute atomic E-state index is 12.4. The molecule has 0 radical (unpaired) electrons. The lowest BCUT2D eigenvalue weighted by molar-refractivity contribution is -0.207. The van der Waals surface area contributed by atoms with Gasteiger partial charge in [-0.15, -0.1) is 0 Å². The van der Waals surface area contributed by atoms with Crippen LogP contribution in [0.4, 0.5) is 0 Å². The van der Waals surface area contributed by atoms with E-state index in [-0.39, 0.29) is 41.0 Å². The summed E-state index contributed by atoms with van der Waals surface area (Å²) >= 11 is 0. The number of carbonyl (C=O) groups excluding carboxylic acids is 1. The third-order valence-electron chi connectivity index (χ3n) is 12.0. The van der Waals surface area contributed by atoms with Crippen LogP contribution in [0.5, 0.6) is 0 Å². The number of hydrogen-bond acceptors (Lipinski definition) is 5. The molecule has 4 fully saturated rings. The highest BCUT2D eigenvalue weighted by Crippen LogP contribution is 2.68. The second kappa shape index (κ2) is 11.8. The first-order valence-electron chi connectivity index (χ1n) is 15.7. The summed E-state index contributed by atoms with van der Waals surface area (Å²) in [6.45, 7) is 11.9. The zero-order valence-corrected chi connectivity index (χ0v) is 24.3. The summed E-state index contributed by atoms with van der Waals surface area (Å²) in [6.07, 6.45) is 11.1. The second-order valence-corrected chi connectivity index (χ2v) is 14.5. The van der Waals surface area contributed by atoms with E-state index in [4.69, 9.17) is 4.74 Å². The Morgan fingerprint density at radius 3 is 2.41 bits per heavy atom. The molecular formula is C32H56O5. The van der Waals surface area contributed by atoms with E-state index in [1.54, 1.807) is 0 Å². The van der Waals surface area contributed by atoms with Crippen molar-refractivity contribution in [3.8, 4) is 0 Å². The topological polar surface area (TPSA) is 87.0 Å². The molecule has 5 heteroatoms. The lowest BCUT2D eigenvalue weighted by Gasteiger charge is -2.63. The maximum Gasteiger partial charge on any atom is 0.305 e. The van der Waals surface area contributed by atoms with Gasteiger partial charge in [-0.3, -0.25) is 4.79 Å². The average Bonchev–Trinajstić information content (AvgIpc) is 3.20. The molecule has 0 heterocycles. The lowest BCUT2D eigenvalue weighted by atomic mass is 9.43. The highest BCUT2D eigenvalue weighted by atomic mass is 16.5. The first-order valence-corrected chi connectivity index (χ1v) is 15.7. The molecule has 0 aromatic heterocycles. The summed E-state index contributed by atoms with van der Waals surface area (Å²) in [4.78, 5) is 12.4. The summed E-state index contributed by atoms with van der Waals surface area (Å²) in [6, 6.07) is 0. The van der Waals surface area contributed by atoms with Gasteiger partial charge in [-0.25, -0.2) is 0 Å². The first kappa shape index (κ1) is 29.3. The number of unbranched alkanes of at least 4 members (excludes halogenated alkanes) is 2. The van der Waals surface area contributed by atoms with Gasteiger partial charge >= 0.3 is 5.97 Å². The molecule has 0 aliphatic heterocycles. The van der Waals surface area contributed by atoms with Crippen LogP contribution in [0.3, 0.4) is 0 Å². The van der Waals surface area contributed by atoms with Gasteiger partial charge in [-0.05, 0) is 110 Å². The number of rotatable bonds is 10. The van der Waals surface area contributed by atoms with E-state index in [0.29, 0.717) is 42.6 Å². The van der Waals surface area contributed by atoms with Gasteiger partial charge in [0.05, 0.1) is 24.9 Å². The van der Waals surface area contributed by atoms with Crippen molar-refractivity contribution in [1.29, 1.82) is 0 Å². The van der Waals surface area contributed by atoms with Crippen LogP contribution in [-0.4, -0.2) is 46.2 Å². The molecule has 0 spiro atoms. The zero-order chi connectivity index (χ0) is 27.0. The normalized spacial score (nSPS) is 44.1. The summed E-state index contributed by atoms with van der Waals surface area (Å²) in [7, 11) is 0. The summed E-state index contributed by atoms with van der Waals surface area (Å²) < 4.78 is 5.53.